The number of amides is 2. The highest BCUT2D eigenvalue weighted by Crippen LogP contribution is 2.29. The van der Waals surface area contributed by atoms with E-state index in [2.05, 4.69) is 25.2 Å². The van der Waals surface area contributed by atoms with Gasteiger partial charge in [0.1, 0.15) is 0 Å². The number of methoxy groups -OCH3 is 1. The summed E-state index contributed by atoms with van der Waals surface area (Å²) in [5.74, 6) is 0.332. The van der Waals surface area contributed by atoms with Gasteiger partial charge in [0.2, 0.25) is 0 Å². The van der Waals surface area contributed by atoms with E-state index in [1.165, 1.54) is 5.56 Å². The molecule has 2 rings (SSSR count). The van der Waals surface area contributed by atoms with Gasteiger partial charge in [-0.25, -0.2) is 4.79 Å². The first-order chi connectivity index (χ1) is 11.1. The lowest BCUT2D eigenvalue weighted by Crippen LogP contribution is -2.51. The van der Waals surface area contributed by atoms with Crippen LogP contribution in [0.25, 0.3) is 0 Å². The van der Waals surface area contributed by atoms with Crippen molar-refractivity contribution in [2.45, 2.75) is 38.8 Å². The Labute approximate surface area is 138 Å². The number of rotatable bonds is 6. The van der Waals surface area contributed by atoms with Gasteiger partial charge in [0.05, 0.1) is 12.6 Å². The molecule has 128 valence electrons. The molecule has 1 aliphatic heterocycles. The monoisotopic (exact) mass is 320 g/mol. The first kappa shape index (κ1) is 17.8. The summed E-state index contributed by atoms with van der Waals surface area (Å²) in [6.07, 6.45) is 1.61. The lowest BCUT2D eigenvalue weighted by Gasteiger charge is -2.37. The van der Waals surface area contributed by atoms with Gasteiger partial charge in [-0.2, -0.15) is 0 Å². The SMILES string of the molecule is COCCC(NC(=O)N1CCc2ccccc2C1CO)C(C)C. The molecule has 0 aromatic heterocycles. The van der Waals surface area contributed by atoms with E-state index in [9.17, 15) is 9.90 Å². The number of benzene rings is 1. The number of urea groups is 1. The fraction of sp³-hybridized carbons (Fsp3) is 0.611. The van der Waals surface area contributed by atoms with Crippen LogP contribution in [0.15, 0.2) is 24.3 Å². The Hall–Kier alpha value is -1.59. The van der Waals surface area contributed by atoms with Crippen LogP contribution in [-0.2, 0) is 11.2 Å². The lowest BCUT2D eigenvalue weighted by atomic mass is 9.93. The highest BCUT2D eigenvalue weighted by Gasteiger charge is 2.31. The molecule has 5 heteroatoms. The van der Waals surface area contributed by atoms with Crippen molar-refractivity contribution < 1.29 is 14.6 Å². The van der Waals surface area contributed by atoms with Crippen molar-refractivity contribution in [3.8, 4) is 0 Å². The Balaban J connectivity index is 2.09. The molecule has 23 heavy (non-hydrogen) atoms. The van der Waals surface area contributed by atoms with Crippen LogP contribution in [0.2, 0.25) is 0 Å². The zero-order valence-corrected chi connectivity index (χ0v) is 14.3. The Bertz CT molecular complexity index is 519. The van der Waals surface area contributed by atoms with Crippen LogP contribution >= 0.6 is 0 Å². The summed E-state index contributed by atoms with van der Waals surface area (Å²) in [5, 5.41) is 12.9. The molecule has 0 bridgehead atoms. The summed E-state index contributed by atoms with van der Waals surface area (Å²) in [5.41, 5.74) is 2.27. The van der Waals surface area contributed by atoms with E-state index in [4.69, 9.17) is 4.74 Å². The minimum atomic E-state index is -0.268. The molecule has 2 atom stereocenters. The zero-order chi connectivity index (χ0) is 16.8. The minimum absolute atomic E-state index is 0.0607. The summed E-state index contributed by atoms with van der Waals surface area (Å²) in [6, 6.07) is 7.73. The average Bonchev–Trinajstić information content (AvgIpc) is 2.56. The second-order valence-electron chi connectivity index (χ2n) is 6.42. The molecule has 1 aromatic carbocycles. The van der Waals surface area contributed by atoms with E-state index in [1.54, 1.807) is 12.0 Å². The standard InChI is InChI=1S/C18H28N2O3/c1-13(2)16(9-11-23-3)19-18(22)20-10-8-14-6-4-5-7-15(14)17(20)12-21/h4-7,13,16-17,21H,8-12H2,1-3H3,(H,19,22). The van der Waals surface area contributed by atoms with Gasteiger partial charge in [0.25, 0.3) is 0 Å². The van der Waals surface area contributed by atoms with Crippen molar-refractivity contribution in [2.75, 3.05) is 26.9 Å². The van der Waals surface area contributed by atoms with Gasteiger partial charge in [0, 0.05) is 26.3 Å². The van der Waals surface area contributed by atoms with Gasteiger partial charge in [-0.1, -0.05) is 38.1 Å². The third-order valence-electron chi connectivity index (χ3n) is 4.59. The number of nitrogens with zero attached hydrogens (tertiary/aromatic N) is 1. The normalized spacial score (nSPS) is 18.7. The fourth-order valence-electron chi connectivity index (χ4n) is 3.15. The number of aliphatic hydroxyl groups excluding tert-OH is 1. The van der Waals surface area contributed by atoms with E-state index < -0.39 is 0 Å². The highest BCUT2D eigenvalue weighted by molar-refractivity contribution is 5.75. The number of carbonyl (C=O) groups is 1. The van der Waals surface area contributed by atoms with E-state index in [0.29, 0.717) is 19.1 Å². The summed E-state index contributed by atoms with van der Waals surface area (Å²) in [6.45, 7) is 5.37. The predicted molar refractivity (Wildman–Crippen MR) is 90.3 cm³/mol. The van der Waals surface area contributed by atoms with Crippen LogP contribution in [0.1, 0.15) is 37.4 Å². The van der Waals surface area contributed by atoms with Crippen LogP contribution in [0, 0.1) is 5.92 Å². The molecular formula is C18H28N2O3. The maximum absolute atomic E-state index is 12.7. The number of fused-ring (bicyclic) bond motifs is 1. The Morgan fingerprint density at radius 2 is 2.17 bits per heavy atom. The molecule has 0 saturated heterocycles. The topological polar surface area (TPSA) is 61.8 Å². The number of nitrogens with one attached hydrogen (secondary N) is 1. The van der Waals surface area contributed by atoms with Crippen LogP contribution in [-0.4, -0.2) is 48.9 Å². The molecule has 0 saturated carbocycles. The van der Waals surface area contributed by atoms with Crippen molar-refractivity contribution in [1.82, 2.24) is 10.2 Å². The smallest absolute Gasteiger partial charge is 0.318 e. The number of ether oxygens (including phenoxy) is 1. The highest BCUT2D eigenvalue weighted by atomic mass is 16.5. The van der Waals surface area contributed by atoms with Gasteiger partial charge in [0.15, 0.2) is 0 Å². The largest absolute Gasteiger partial charge is 0.394 e. The van der Waals surface area contributed by atoms with Gasteiger partial charge in [-0.15, -0.1) is 0 Å². The fourth-order valence-corrected chi connectivity index (χ4v) is 3.15. The van der Waals surface area contributed by atoms with Crippen molar-refractivity contribution >= 4 is 6.03 Å². The zero-order valence-electron chi connectivity index (χ0n) is 14.3. The molecule has 0 fully saturated rings. The summed E-state index contributed by atoms with van der Waals surface area (Å²) in [4.78, 5) is 14.5. The molecule has 5 nitrogen and oxygen atoms in total. The lowest BCUT2D eigenvalue weighted by molar-refractivity contribution is 0.119. The predicted octanol–water partition coefficient (Wildman–Crippen LogP) is 2.35. The molecule has 1 heterocycles. The Morgan fingerprint density at radius 3 is 2.83 bits per heavy atom. The third kappa shape index (κ3) is 4.24. The number of carbonyl (C=O) groups excluding carboxylic acids is 1. The quantitative estimate of drug-likeness (QED) is 0.846. The summed E-state index contributed by atoms with van der Waals surface area (Å²) in [7, 11) is 1.67. The molecule has 1 aromatic rings. The third-order valence-corrected chi connectivity index (χ3v) is 4.59. The molecule has 2 amide bonds. The molecule has 2 unspecified atom stereocenters. The first-order valence-corrected chi connectivity index (χ1v) is 8.33. The second-order valence-corrected chi connectivity index (χ2v) is 6.42. The Kier molecular flexibility index (Phi) is 6.42. The maximum Gasteiger partial charge on any atom is 0.318 e. The molecule has 2 N–H and O–H groups in total. The van der Waals surface area contributed by atoms with Crippen LogP contribution < -0.4 is 5.32 Å². The number of hydrogen-bond acceptors (Lipinski definition) is 3. The molecular weight excluding hydrogens is 292 g/mol. The van der Waals surface area contributed by atoms with E-state index >= 15 is 0 Å². The van der Waals surface area contributed by atoms with E-state index in [-0.39, 0.29) is 24.7 Å². The molecule has 1 aliphatic rings. The van der Waals surface area contributed by atoms with Gasteiger partial charge >= 0.3 is 6.03 Å². The van der Waals surface area contributed by atoms with E-state index in [0.717, 1.165) is 18.4 Å². The first-order valence-electron chi connectivity index (χ1n) is 8.33. The molecule has 0 radical (unpaired) electrons. The molecule has 0 spiro atoms. The van der Waals surface area contributed by atoms with Crippen LogP contribution in [0.3, 0.4) is 0 Å². The minimum Gasteiger partial charge on any atom is -0.394 e. The van der Waals surface area contributed by atoms with Gasteiger partial charge in [-0.3, -0.25) is 0 Å². The second kappa shape index (κ2) is 8.31. The van der Waals surface area contributed by atoms with Crippen LogP contribution in [0.5, 0.6) is 0 Å². The van der Waals surface area contributed by atoms with Gasteiger partial charge < -0.3 is 20.1 Å². The number of hydrogen-bond donors (Lipinski definition) is 2. The molecule has 0 aliphatic carbocycles. The maximum atomic E-state index is 12.7. The number of aliphatic hydroxyl groups is 1. The summed E-state index contributed by atoms with van der Waals surface area (Å²) < 4.78 is 5.13. The van der Waals surface area contributed by atoms with Crippen molar-refractivity contribution in [1.29, 1.82) is 0 Å². The average molecular weight is 320 g/mol. The van der Waals surface area contributed by atoms with E-state index in [1.807, 2.05) is 18.2 Å². The van der Waals surface area contributed by atoms with Crippen molar-refractivity contribution in [3.63, 3.8) is 0 Å². The van der Waals surface area contributed by atoms with Gasteiger partial charge in [-0.05, 0) is 29.9 Å². The summed E-state index contributed by atoms with van der Waals surface area (Å²) >= 11 is 0. The van der Waals surface area contributed by atoms with Crippen molar-refractivity contribution in [3.05, 3.63) is 35.4 Å². The van der Waals surface area contributed by atoms with Crippen LogP contribution in [0.4, 0.5) is 4.79 Å². The van der Waals surface area contributed by atoms with Crippen molar-refractivity contribution in [2.24, 2.45) is 5.92 Å². The Morgan fingerprint density at radius 1 is 1.43 bits per heavy atom.